The molecule has 3 N–H and O–H groups in total. The average Bonchev–Trinajstić information content (AvgIpc) is 2.28. The van der Waals surface area contributed by atoms with E-state index < -0.39 is 5.97 Å². The van der Waals surface area contributed by atoms with Gasteiger partial charge in [0.05, 0.1) is 6.42 Å². The van der Waals surface area contributed by atoms with Crippen LogP contribution in [0.25, 0.3) is 10.8 Å². The van der Waals surface area contributed by atoms with Crippen molar-refractivity contribution in [2.75, 3.05) is 11.9 Å². The summed E-state index contributed by atoms with van der Waals surface area (Å²) >= 11 is 0. The molecule has 0 fully saturated rings. The van der Waals surface area contributed by atoms with Crippen LogP contribution >= 0.6 is 0 Å². The van der Waals surface area contributed by atoms with Crippen molar-refractivity contribution in [3.8, 4) is 5.75 Å². The maximum Gasteiger partial charge on any atom is 0.305 e. The van der Waals surface area contributed by atoms with Gasteiger partial charge >= 0.3 is 5.97 Å². The van der Waals surface area contributed by atoms with Gasteiger partial charge in [-0.05, 0) is 29.7 Å². The van der Waals surface area contributed by atoms with Gasteiger partial charge in [-0.15, -0.1) is 0 Å². The maximum absolute atomic E-state index is 10.4. The summed E-state index contributed by atoms with van der Waals surface area (Å²) in [6, 6.07) is 6.75. The molecule has 0 saturated heterocycles. The van der Waals surface area contributed by atoms with Crippen LogP contribution in [0.5, 0.6) is 5.75 Å². The van der Waals surface area contributed by atoms with E-state index in [0.717, 1.165) is 10.8 Å². The smallest absolute Gasteiger partial charge is 0.305 e. The van der Waals surface area contributed by atoms with Gasteiger partial charge in [-0.3, -0.25) is 4.79 Å². The van der Waals surface area contributed by atoms with Crippen LogP contribution in [0.3, 0.4) is 0 Å². The van der Waals surface area contributed by atoms with Crippen molar-refractivity contribution in [2.45, 2.75) is 6.42 Å². The van der Waals surface area contributed by atoms with Gasteiger partial charge in [0.2, 0.25) is 0 Å². The second-order valence-electron chi connectivity index (χ2n) is 3.64. The minimum atomic E-state index is -0.851. The third-order valence-electron chi connectivity index (χ3n) is 2.38. The molecule has 1 aromatic carbocycles. The Bertz CT molecular complexity index is 554. The molecule has 88 valence electrons. The quantitative estimate of drug-likeness (QED) is 0.749. The molecular weight excluding hydrogens is 220 g/mol. The molecule has 0 amide bonds. The molecule has 0 aliphatic rings. The Labute approximate surface area is 97.7 Å². The number of carboxylic acid groups (broad SMARTS) is 1. The normalized spacial score (nSPS) is 10.4. The Morgan fingerprint density at radius 3 is 2.94 bits per heavy atom. The van der Waals surface area contributed by atoms with Crippen molar-refractivity contribution in [3.05, 3.63) is 30.5 Å². The van der Waals surface area contributed by atoms with Gasteiger partial charge in [-0.25, -0.2) is 4.98 Å². The highest BCUT2D eigenvalue weighted by Crippen LogP contribution is 2.24. The van der Waals surface area contributed by atoms with Crippen LogP contribution < -0.4 is 5.32 Å². The third kappa shape index (κ3) is 2.63. The van der Waals surface area contributed by atoms with Crippen LogP contribution in [-0.2, 0) is 4.79 Å². The molecule has 0 spiro atoms. The lowest BCUT2D eigenvalue weighted by molar-refractivity contribution is -0.136. The molecule has 1 heterocycles. The number of phenols is 1. The average molecular weight is 232 g/mol. The van der Waals surface area contributed by atoms with E-state index in [9.17, 15) is 9.90 Å². The van der Waals surface area contributed by atoms with Crippen LogP contribution in [0.4, 0.5) is 5.82 Å². The van der Waals surface area contributed by atoms with E-state index in [-0.39, 0.29) is 12.2 Å². The Hall–Kier alpha value is -2.30. The van der Waals surface area contributed by atoms with Gasteiger partial charge in [-0.2, -0.15) is 0 Å². The molecule has 0 bridgehead atoms. The Morgan fingerprint density at radius 2 is 2.18 bits per heavy atom. The second kappa shape index (κ2) is 4.69. The molecule has 2 rings (SSSR count). The Kier molecular flexibility index (Phi) is 3.09. The van der Waals surface area contributed by atoms with Crippen molar-refractivity contribution in [2.24, 2.45) is 0 Å². The number of nitrogens with zero attached hydrogens (tertiary/aromatic N) is 1. The second-order valence-corrected chi connectivity index (χ2v) is 3.64. The van der Waals surface area contributed by atoms with E-state index in [0.29, 0.717) is 12.4 Å². The van der Waals surface area contributed by atoms with Gasteiger partial charge in [0.15, 0.2) is 0 Å². The molecule has 5 heteroatoms. The predicted octanol–water partition coefficient (Wildman–Crippen LogP) is 1.83. The summed E-state index contributed by atoms with van der Waals surface area (Å²) in [5.74, 6) is -0.0284. The SMILES string of the molecule is O=C(O)CCNc1nccc2cc(O)ccc12. The molecule has 0 aliphatic carbocycles. The minimum Gasteiger partial charge on any atom is -0.508 e. The van der Waals surface area contributed by atoms with E-state index >= 15 is 0 Å². The number of rotatable bonds is 4. The number of hydrogen-bond acceptors (Lipinski definition) is 4. The van der Waals surface area contributed by atoms with Crippen LogP contribution in [0.15, 0.2) is 30.5 Å². The molecule has 0 radical (unpaired) electrons. The molecule has 2 aromatic rings. The number of fused-ring (bicyclic) bond motifs is 1. The number of carbonyl (C=O) groups is 1. The van der Waals surface area contributed by atoms with E-state index in [1.165, 1.54) is 0 Å². The van der Waals surface area contributed by atoms with E-state index in [4.69, 9.17) is 5.11 Å². The molecule has 1 aromatic heterocycles. The first-order chi connectivity index (χ1) is 8.16. The zero-order valence-corrected chi connectivity index (χ0v) is 9.05. The molecule has 0 aliphatic heterocycles. The monoisotopic (exact) mass is 232 g/mol. The molecule has 17 heavy (non-hydrogen) atoms. The number of pyridine rings is 1. The molecule has 0 saturated carbocycles. The zero-order chi connectivity index (χ0) is 12.3. The highest BCUT2D eigenvalue weighted by atomic mass is 16.4. The van der Waals surface area contributed by atoms with Crippen LogP contribution in [0, 0.1) is 0 Å². The third-order valence-corrected chi connectivity index (χ3v) is 2.38. The first kappa shape index (κ1) is 11.2. The van der Waals surface area contributed by atoms with Crippen LogP contribution in [0.2, 0.25) is 0 Å². The number of phenolic OH excluding ortho intramolecular Hbond substituents is 1. The summed E-state index contributed by atoms with van der Waals surface area (Å²) in [4.78, 5) is 14.6. The van der Waals surface area contributed by atoms with Crippen molar-refractivity contribution in [3.63, 3.8) is 0 Å². The predicted molar refractivity (Wildman–Crippen MR) is 64.2 cm³/mol. The number of nitrogens with one attached hydrogen (secondary N) is 1. The molecule has 5 nitrogen and oxygen atoms in total. The summed E-state index contributed by atoms with van der Waals surface area (Å²) in [5, 5.41) is 22.6. The number of aromatic hydroxyl groups is 1. The zero-order valence-electron chi connectivity index (χ0n) is 9.05. The highest BCUT2D eigenvalue weighted by Gasteiger charge is 2.03. The van der Waals surface area contributed by atoms with Crippen molar-refractivity contribution < 1.29 is 15.0 Å². The highest BCUT2D eigenvalue weighted by molar-refractivity contribution is 5.92. The van der Waals surface area contributed by atoms with Gasteiger partial charge in [0.25, 0.3) is 0 Å². The van der Waals surface area contributed by atoms with Crippen molar-refractivity contribution >= 4 is 22.6 Å². The molecular formula is C12H12N2O3. The number of aromatic nitrogens is 1. The number of carboxylic acids is 1. The summed E-state index contributed by atoms with van der Waals surface area (Å²) < 4.78 is 0. The number of hydrogen-bond donors (Lipinski definition) is 3. The van der Waals surface area contributed by atoms with Gasteiger partial charge in [-0.1, -0.05) is 0 Å². The van der Waals surface area contributed by atoms with Gasteiger partial charge < -0.3 is 15.5 Å². The lowest BCUT2D eigenvalue weighted by Gasteiger charge is -2.07. The first-order valence-electron chi connectivity index (χ1n) is 5.20. The van der Waals surface area contributed by atoms with Crippen LogP contribution in [0.1, 0.15) is 6.42 Å². The Balaban J connectivity index is 2.25. The van der Waals surface area contributed by atoms with Crippen molar-refractivity contribution in [1.29, 1.82) is 0 Å². The minimum absolute atomic E-state index is 0.0378. The number of benzene rings is 1. The van der Waals surface area contributed by atoms with E-state index in [2.05, 4.69) is 10.3 Å². The van der Waals surface area contributed by atoms with Crippen molar-refractivity contribution in [1.82, 2.24) is 4.98 Å². The summed E-state index contributed by atoms with van der Waals surface area (Å²) in [6.07, 6.45) is 1.65. The largest absolute Gasteiger partial charge is 0.508 e. The van der Waals surface area contributed by atoms with Crippen LogP contribution in [-0.4, -0.2) is 27.7 Å². The first-order valence-corrected chi connectivity index (χ1v) is 5.20. The summed E-state index contributed by atoms with van der Waals surface area (Å²) in [6.45, 7) is 0.322. The topological polar surface area (TPSA) is 82.5 Å². The number of aliphatic carboxylic acids is 1. The molecule has 0 unspecified atom stereocenters. The fraction of sp³-hybridized carbons (Fsp3) is 0.167. The fourth-order valence-electron chi connectivity index (χ4n) is 1.59. The van der Waals surface area contributed by atoms with Gasteiger partial charge in [0, 0.05) is 18.1 Å². The summed E-state index contributed by atoms with van der Waals surface area (Å²) in [7, 11) is 0. The Morgan fingerprint density at radius 1 is 1.35 bits per heavy atom. The number of anilines is 1. The van der Waals surface area contributed by atoms with E-state index in [1.54, 1.807) is 30.5 Å². The fourth-order valence-corrected chi connectivity index (χ4v) is 1.59. The van der Waals surface area contributed by atoms with Gasteiger partial charge in [0.1, 0.15) is 11.6 Å². The maximum atomic E-state index is 10.4. The lowest BCUT2D eigenvalue weighted by atomic mass is 10.1. The summed E-state index contributed by atoms with van der Waals surface area (Å²) in [5.41, 5.74) is 0. The molecule has 0 atom stereocenters. The van der Waals surface area contributed by atoms with E-state index in [1.807, 2.05) is 0 Å². The standard InChI is InChI=1S/C12H12N2O3/c15-9-1-2-10-8(7-9)3-5-13-12(10)14-6-4-11(16)17/h1-3,5,7,15H,4,6H2,(H,13,14)(H,16,17). The lowest BCUT2D eigenvalue weighted by Crippen LogP contribution is -2.08.